The Bertz CT molecular complexity index is 298. The van der Waals surface area contributed by atoms with Crippen molar-refractivity contribution in [1.82, 2.24) is 0 Å². The molecule has 3 heteroatoms. The summed E-state index contributed by atoms with van der Waals surface area (Å²) in [5, 5.41) is 9.00. The molecule has 14 heavy (non-hydrogen) atoms. The van der Waals surface area contributed by atoms with E-state index in [1.54, 1.807) is 19.1 Å². The highest BCUT2D eigenvalue weighted by molar-refractivity contribution is 5.72. The fraction of sp³-hybridized carbons (Fsp3) is 0.455. The molecule has 0 saturated heterocycles. The van der Waals surface area contributed by atoms with E-state index >= 15 is 0 Å². The molecule has 0 spiro atoms. The lowest BCUT2D eigenvalue weighted by atomic mass is 9.82. The van der Waals surface area contributed by atoms with Crippen molar-refractivity contribution in [2.45, 2.75) is 19.8 Å². The van der Waals surface area contributed by atoms with Gasteiger partial charge < -0.3 is 4.74 Å². The van der Waals surface area contributed by atoms with E-state index in [0.717, 1.165) is 6.42 Å². The van der Waals surface area contributed by atoms with E-state index in [4.69, 9.17) is 10.00 Å². The number of hydrogen-bond donors (Lipinski definition) is 0. The third kappa shape index (κ3) is 2.46. The number of esters is 1. The molecule has 0 aliphatic heterocycles. The third-order valence-corrected chi connectivity index (χ3v) is 2.05. The van der Waals surface area contributed by atoms with Gasteiger partial charge in [-0.1, -0.05) is 24.3 Å². The van der Waals surface area contributed by atoms with Crippen LogP contribution in [0.25, 0.3) is 0 Å². The van der Waals surface area contributed by atoms with Gasteiger partial charge in [0.25, 0.3) is 0 Å². The topological polar surface area (TPSA) is 50.1 Å². The Morgan fingerprint density at radius 1 is 1.57 bits per heavy atom. The SMILES string of the molecule is CCOC(=O)CC1(C#N)C=CCC=C1. The maximum atomic E-state index is 11.2. The van der Waals surface area contributed by atoms with Gasteiger partial charge in [0, 0.05) is 0 Å². The van der Waals surface area contributed by atoms with Gasteiger partial charge in [0.15, 0.2) is 0 Å². The Morgan fingerprint density at radius 3 is 2.71 bits per heavy atom. The summed E-state index contributed by atoms with van der Waals surface area (Å²) in [5.74, 6) is -0.328. The van der Waals surface area contributed by atoms with Crippen molar-refractivity contribution < 1.29 is 9.53 Å². The Balaban J connectivity index is 2.68. The van der Waals surface area contributed by atoms with Crippen molar-refractivity contribution >= 4 is 5.97 Å². The first kappa shape index (κ1) is 10.5. The van der Waals surface area contributed by atoms with Crippen LogP contribution in [0.3, 0.4) is 0 Å². The standard InChI is InChI=1S/C11H13NO2/c1-2-14-10(13)8-11(9-12)6-4-3-5-7-11/h4-7H,2-3,8H2,1H3. The number of hydrogen-bond acceptors (Lipinski definition) is 3. The predicted molar refractivity (Wildman–Crippen MR) is 52.2 cm³/mol. The lowest BCUT2D eigenvalue weighted by Crippen LogP contribution is -2.20. The average molecular weight is 191 g/mol. The molecular weight excluding hydrogens is 178 g/mol. The fourth-order valence-corrected chi connectivity index (χ4v) is 1.37. The quantitative estimate of drug-likeness (QED) is 0.506. The van der Waals surface area contributed by atoms with Gasteiger partial charge in [-0.15, -0.1) is 0 Å². The molecule has 0 heterocycles. The van der Waals surface area contributed by atoms with E-state index in [-0.39, 0.29) is 12.4 Å². The van der Waals surface area contributed by atoms with Gasteiger partial charge in [0.2, 0.25) is 0 Å². The zero-order chi connectivity index (χ0) is 10.4. The summed E-state index contributed by atoms with van der Waals surface area (Å²) in [6, 6.07) is 2.13. The van der Waals surface area contributed by atoms with Crippen LogP contribution in [0.2, 0.25) is 0 Å². The highest BCUT2D eigenvalue weighted by Crippen LogP contribution is 2.28. The second-order valence-corrected chi connectivity index (χ2v) is 3.17. The minimum Gasteiger partial charge on any atom is -0.466 e. The molecule has 74 valence electrons. The highest BCUT2D eigenvalue weighted by Gasteiger charge is 2.28. The second-order valence-electron chi connectivity index (χ2n) is 3.17. The van der Waals surface area contributed by atoms with Crippen LogP contribution >= 0.6 is 0 Å². The minimum absolute atomic E-state index is 0.102. The lowest BCUT2D eigenvalue weighted by molar-refractivity contribution is -0.144. The zero-order valence-corrected chi connectivity index (χ0v) is 8.19. The average Bonchev–Trinajstić information content (AvgIpc) is 2.19. The van der Waals surface area contributed by atoms with E-state index < -0.39 is 5.41 Å². The van der Waals surface area contributed by atoms with Gasteiger partial charge in [-0.05, 0) is 13.3 Å². The number of allylic oxidation sites excluding steroid dienone is 4. The molecule has 0 saturated carbocycles. The number of ether oxygens (including phenoxy) is 1. The number of nitriles is 1. The minimum atomic E-state index is -0.787. The van der Waals surface area contributed by atoms with Crippen LogP contribution in [0, 0.1) is 16.7 Å². The molecule has 1 aliphatic rings. The Morgan fingerprint density at radius 2 is 2.21 bits per heavy atom. The third-order valence-electron chi connectivity index (χ3n) is 2.05. The smallest absolute Gasteiger partial charge is 0.308 e. The summed E-state index contributed by atoms with van der Waals surface area (Å²) in [4.78, 5) is 11.2. The van der Waals surface area contributed by atoms with Gasteiger partial charge in [-0.25, -0.2) is 0 Å². The summed E-state index contributed by atoms with van der Waals surface area (Å²) in [6.45, 7) is 2.11. The predicted octanol–water partition coefficient (Wildman–Crippen LogP) is 1.97. The molecule has 0 aromatic carbocycles. The number of rotatable bonds is 3. The molecule has 1 aliphatic carbocycles. The molecule has 0 fully saturated rings. The van der Waals surface area contributed by atoms with Crippen LogP contribution in [0.1, 0.15) is 19.8 Å². The second kappa shape index (κ2) is 4.61. The first-order chi connectivity index (χ1) is 6.72. The Labute approximate surface area is 83.7 Å². The van der Waals surface area contributed by atoms with Crippen molar-refractivity contribution in [3.05, 3.63) is 24.3 Å². The number of carbonyl (C=O) groups is 1. The van der Waals surface area contributed by atoms with Crippen LogP contribution in [0.15, 0.2) is 24.3 Å². The molecule has 0 aromatic rings. The first-order valence-electron chi connectivity index (χ1n) is 4.65. The van der Waals surface area contributed by atoms with E-state index in [9.17, 15) is 4.79 Å². The zero-order valence-electron chi connectivity index (χ0n) is 8.19. The number of nitrogens with zero attached hydrogens (tertiary/aromatic N) is 1. The molecule has 0 bridgehead atoms. The molecule has 0 atom stereocenters. The largest absolute Gasteiger partial charge is 0.466 e. The molecule has 0 amide bonds. The van der Waals surface area contributed by atoms with Crippen LogP contribution in [0.5, 0.6) is 0 Å². The fourth-order valence-electron chi connectivity index (χ4n) is 1.37. The monoisotopic (exact) mass is 191 g/mol. The van der Waals surface area contributed by atoms with Crippen LogP contribution in [0.4, 0.5) is 0 Å². The van der Waals surface area contributed by atoms with Crippen molar-refractivity contribution in [3.8, 4) is 6.07 Å². The molecule has 0 N–H and O–H groups in total. The maximum absolute atomic E-state index is 11.2. The van der Waals surface area contributed by atoms with Crippen LogP contribution in [-0.4, -0.2) is 12.6 Å². The van der Waals surface area contributed by atoms with E-state index in [2.05, 4.69) is 6.07 Å². The van der Waals surface area contributed by atoms with Gasteiger partial charge in [-0.3, -0.25) is 4.79 Å². The highest BCUT2D eigenvalue weighted by atomic mass is 16.5. The Kier molecular flexibility index (Phi) is 3.47. The van der Waals surface area contributed by atoms with E-state index in [0.29, 0.717) is 6.61 Å². The molecule has 0 unspecified atom stereocenters. The lowest BCUT2D eigenvalue weighted by Gasteiger charge is -2.19. The van der Waals surface area contributed by atoms with Crippen LogP contribution in [-0.2, 0) is 9.53 Å². The summed E-state index contributed by atoms with van der Waals surface area (Å²) < 4.78 is 4.81. The van der Waals surface area contributed by atoms with Gasteiger partial charge in [0.05, 0.1) is 19.1 Å². The molecular formula is C11H13NO2. The van der Waals surface area contributed by atoms with E-state index in [1.807, 2.05) is 12.2 Å². The molecule has 3 nitrogen and oxygen atoms in total. The van der Waals surface area contributed by atoms with Gasteiger partial charge in [0.1, 0.15) is 5.41 Å². The maximum Gasteiger partial charge on any atom is 0.308 e. The van der Waals surface area contributed by atoms with Gasteiger partial charge >= 0.3 is 5.97 Å². The molecule has 0 aromatic heterocycles. The molecule has 0 radical (unpaired) electrons. The molecule has 1 rings (SSSR count). The Hall–Kier alpha value is -1.56. The van der Waals surface area contributed by atoms with Crippen molar-refractivity contribution in [2.24, 2.45) is 5.41 Å². The van der Waals surface area contributed by atoms with Crippen molar-refractivity contribution in [3.63, 3.8) is 0 Å². The van der Waals surface area contributed by atoms with Crippen molar-refractivity contribution in [1.29, 1.82) is 5.26 Å². The number of carbonyl (C=O) groups excluding carboxylic acids is 1. The van der Waals surface area contributed by atoms with Crippen molar-refractivity contribution in [2.75, 3.05) is 6.61 Å². The summed E-state index contributed by atoms with van der Waals surface area (Å²) in [5.41, 5.74) is -0.787. The summed E-state index contributed by atoms with van der Waals surface area (Å²) in [7, 11) is 0. The van der Waals surface area contributed by atoms with Crippen LogP contribution < -0.4 is 0 Å². The first-order valence-corrected chi connectivity index (χ1v) is 4.65. The summed E-state index contributed by atoms with van der Waals surface area (Å²) >= 11 is 0. The summed E-state index contributed by atoms with van der Waals surface area (Å²) in [6.07, 6.45) is 8.25. The normalized spacial score (nSPS) is 17.4. The van der Waals surface area contributed by atoms with E-state index in [1.165, 1.54) is 0 Å². The van der Waals surface area contributed by atoms with Gasteiger partial charge in [-0.2, -0.15) is 5.26 Å².